The van der Waals surface area contributed by atoms with Crippen LogP contribution in [-0.4, -0.2) is 50.1 Å². The Labute approximate surface area is 124 Å². The molecule has 0 aromatic heterocycles. The molecule has 1 aromatic rings. The van der Waals surface area contributed by atoms with E-state index in [1.165, 1.54) is 0 Å². The average Bonchev–Trinajstić information content (AvgIpc) is 2.44. The largest absolute Gasteiger partial charge is 0.351 e. The molecule has 1 fully saturated rings. The van der Waals surface area contributed by atoms with Crippen molar-refractivity contribution in [3.05, 3.63) is 33.8 Å². The van der Waals surface area contributed by atoms with Crippen molar-refractivity contribution in [2.75, 3.05) is 39.3 Å². The van der Waals surface area contributed by atoms with Crippen molar-refractivity contribution in [1.29, 1.82) is 0 Å². The van der Waals surface area contributed by atoms with E-state index >= 15 is 0 Å². The second-order valence-electron chi connectivity index (χ2n) is 4.59. The van der Waals surface area contributed by atoms with Gasteiger partial charge in [0, 0.05) is 43.7 Å². The van der Waals surface area contributed by atoms with Crippen molar-refractivity contribution in [3.63, 3.8) is 0 Å². The molecule has 0 bridgehead atoms. The smallest absolute Gasteiger partial charge is 0.252 e. The summed E-state index contributed by atoms with van der Waals surface area (Å²) in [7, 11) is 0. The van der Waals surface area contributed by atoms with Gasteiger partial charge >= 0.3 is 0 Å². The normalized spacial score (nSPS) is 16.1. The van der Waals surface area contributed by atoms with Crippen LogP contribution in [-0.2, 0) is 0 Å². The van der Waals surface area contributed by atoms with Gasteiger partial charge in [0.1, 0.15) is 0 Å². The molecule has 0 radical (unpaired) electrons. The third-order valence-electron chi connectivity index (χ3n) is 3.18. The molecule has 1 saturated heterocycles. The molecule has 0 spiro atoms. The summed E-state index contributed by atoms with van der Waals surface area (Å²) in [6, 6.07) is 1.86. The van der Waals surface area contributed by atoms with Crippen LogP contribution in [0.1, 0.15) is 10.4 Å². The van der Waals surface area contributed by atoms with Gasteiger partial charge in [-0.15, -0.1) is 0 Å². The van der Waals surface area contributed by atoms with Gasteiger partial charge in [0.05, 0.1) is 5.56 Å². The van der Waals surface area contributed by atoms with E-state index in [1.54, 1.807) is 0 Å². The van der Waals surface area contributed by atoms with Gasteiger partial charge in [-0.05, 0) is 28.1 Å². The maximum Gasteiger partial charge on any atom is 0.252 e. The number of carbonyl (C=O) groups is 1. The fourth-order valence-corrected chi connectivity index (χ4v) is 2.55. The first-order valence-electron chi connectivity index (χ1n) is 6.44. The summed E-state index contributed by atoms with van der Waals surface area (Å²) < 4.78 is 26.4. The van der Waals surface area contributed by atoms with E-state index in [1.807, 2.05) is 0 Å². The summed E-state index contributed by atoms with van der Waals surface area (Å²) in [6.45, 7) is 5.01. The van der Waals surface area contributed by atoms with Crippen molar-refractivity contribution in [1.82, 2.24) is 15.5 Å². The molecule has 0 unspecified atom stereocenters. The number of carbonyl (C=O) groups excluding carboxylic acids is 1. The standard InChI is InChI=1S/C13H16BrF2N3O/c14-10-8-12(16)11(15)7-9(10)13(20)18-3-6-19-4-1-17-2-5-19/h7-8,17H,1-6H2,(H,18,20). The summed E-state index contributed by atoms with van der Waals surface area (Å²) in [6.07, 6.45) is 0. The molecule has 0 saturated carbocycles. The van der Waals surface area contributed by atoms with Crippen molar-refractivity contribution < 1.29 is 13.6 Å². The SMILES string of the molecule is O=C(NCCN1CCNCC1)c1cc(F)c(F)cc1Br. The lowest BCUT2D eigenvalue weighted by Crippen LogP contribution is -2.46. The molecule has 1 aliphatic heterocycles. The Hall–Kier alpha value is -1.05. The van der Waals surface area contributed by atoms with Crippen LogP contribution >= 0.6 is 15.9 Å². The number of rotatable bonds is 4. The third-order valence-corrected chi connectivity index (χ3v) is 3.83. The molecular formula is C13H16BrF2N3O. The summed E-state index contributed by atoms with van der Waals surface area (Å²) in [5.74, 6) is -2.42. The fourth-order valence-electron chi connectivity index (χ4n) is 2.05. The molecule has 110 valence electrons. The van der Waals surface area contributed by atoms with Crippen LogP contribution in [0.3, 0.4) is 0 Å². The van der Waals surface area contributed by atoms with Crippen LogP contribution in [0.4, 0.5) is 8.78 Å². The molecule has 2 rings (SSSR count). The number of hydrogen-bond donors (Lipinski definition) is 2. The molecule has 1 aromatic carbocycles. The highest BCUT2D eigenvalue weighted by Gasteiger charge is 2.15. The molecule has 7 heteroatoms. The summed E-state index contributed by atoms with van der Waals surface area (Å²) >= 11 is 3.06. The summed E-state index contributed by atoms with van der Waals surface area (Å²) in [5, 5.41) is 5.96. The molecular weight excluding hydrogens is 332 g/mol. The predicted octanol–water partition coefficient (Wildman–Crippen LogP) is 1.36. The highest BCUT2D eigenvalue weighted by atomic mass is 79.9. The van der Waals surface area contributed by atoms with Gasteiger partial charge in [-0.1, -0.05) is 0 Å². The van der Waals surface area contributed by atoms with Crippen molar-refractivity contribution in [2.45, 2.75) is 0 Å². The maximum atomic E-state index is 13.1. The Morgan fingerprint density at radius 3 is 2.65 bits per heavy atom. The van der Waals surface area contributed by atoms with Crippen LogP contribution in [0.5, 0.6) is 0 Å². The van der Waals surface area contributed by atoms with Gasteiger partial charge in [-0.3, -0.25) is 9.69 Å². The first kappa shape index (κ1) is 15.3. The number of nitrogens with one attached hydrogen (secondary N) is 2. The quantitative estimate of drug-likeness (QED) is 0.808. The second-order valence-corrected chi connectivity index (χ2v) is 5.45. The highest BCUT2D eigenvalue weighted by Crippen LogP contribution is 2.20. The number of nitrogens with zero attached hydrogens (tertiary/aromatic N) is 1. The van der Waals surface area contributed by atoms with E-state index < -0.39 is 17.5 Å². The van der Waals surface area contributed by atoms with Gasteiger partial charge in [-0.25, -0.2) is 8.78 Å². The molecule has 1 heterocycles. The topological polar surface area (TPSA) is 44.4 Å². The van der Waals surface area contributed by atoms with Crippen LogP contribution in [0.15, 0.2) is 16.6 Å². The zero-order valence-electron chi connectivity index (χ0n) is 10.9. The van der Waals surface area contributed by atoms with Crippen molar-refractivity contribution in [3.8, 4) is 0 Å². The average molecular weight is 348 g/mol. The van der Waals surface area contributed by atoms with E-state index in [-0.39, 0.29) is 10.0 Å². The van der Waals surface area contributed by atoms with Gasteiger partial charge in [0.2, 0.25) is 0 Å². The Balaban J connectivity index is 1.87. The maximum absolute atomic E-state index is 13.1. The monoisotopic (exact) mass is 347 g/mol. The highest BCUT2D eigenvalue weighted by molar-refractivity contribution is 9.10. The van der Waals surface area contributed by atoms with Crippen LogP contribution < -0.4 is 10.6 Å². The lowest BCUT2D eigenvalue weighted by atomic mass is 10.2. The Morgan fingerprint density at radius 2 is 1.95 bits per heavy atom. The minimum Gasteiger partial charge on any atom is -0.351 e. The van der Waals surface area contributed by atoms with Crippen LogP contribution in [0.25, 0.3) is 0 Å². The van der Waals surface area contributed by atoms with Crippen LogP contribution in [0, 0.1) is 11.6 Å². The molecule has 2 N–H and O–H groups in total. The first-order valence-corrected chi connectivity index (χ1v) is 7.23. The predicted molar refractivity (Wildman–Crippen MR) is 75.7 cm³/mol. The second kappa shape index (κ2) is 7.10. The van der Waals surface area contributed by atoms with E-state index in [4.69, 9.17) is 0 Å². The Kier molecular flexibility index (Phi) is 5.45. The number of hydrogen-bond acceptors (Lipinski definition) is 3. The Morgan fingerprint density at radius 1 is 1.30 bits per heavy atom. The molecule has 20 heavy (non-hydrogen) atoms. The molecule has 0 aliphatic carbocycles. The number of piperazine rings is 1. The van der Waals surface area contributed by atoms with E-state index in [9.17, 15) is 13.6 Å². The van der Waals surface area contributed by atoms with Gasteiger partial charge in [-0.2, -0.15) is 0 Å². The minimum atomic E-state index is -1.03. The van der Waals surface area contributed by atoms with E-state index in [0.717, 1.165) is 44.9 Å². The third kappa shape index (κ3) is 3.97. The number of benzene rings is 1. The molecule has 4 nitrogen and oxygen atoms in total. The number of halogens is 3. The zero-order chi connectivity index (χ0) is 14.5. The summed E-state index contributed by atoms with van der Waals surface area (Å²) in [4.78, 5) is 14.1. The molecule has 0 atom stereocenters. The summed E-state index contributed by atoms with van der Waals surface area (Å²) in [5.41, 5.74) is 0.101. The first-order chi connectivity index (χ1) is 9.58. The minimum absolute atomic E-state index is 0.101. The van der Waals surface area contributed by atoms with Crippen molar-refractivity contribution >= 4 is 21.8 Å². The zero-order valence-corrected chi connectivity index (χ0v) is 12.5. The van der Waals surface area contributed by atoms with Gasteiger partial charge in [0.15, 0.2) is 11.6 Å². The van der Waals surface area contributed by atoms with E-state index in [0.29, 0.717) is 6.54 Å². The van der Waals surface area contributed by atoms with Crippen molar-refractivity contribution in [2.24, 2.45) is 0 Å². The van der Waals surface area contributed by atoms with E-state index in [2.05, 4.69) is 31.5 Å². The van der Waals surface area contributed by atoms with Gasteiger partial charge < -0.3 is 10.6 Å². The lowest BCUT2D eigenvalue weighted by Gasteiger charge is -2.27. The number of amides is 1. The lowest BCUT2D eigenvalue weighted by molar-refractivity contribution is 0.0946. The fraction of sp³-hybridized carbons (Fsp3) is 0.462. The molecule has 1 aliphatic rings. The van der Waals surface area contributed by atoms with Crippen LogP contribution in [0.2, 0.25) is 0 Å². The Bertz CT molecular complexity index is 493. The van der Waals surface area contributed by atoms with Gasteiger partial charge in [0.25, 0.3) is 5.91 Å². The molecule has 1 amide bonds.